The summed E-state index contributed by atoms with van der Waals surface area (Å²) in [6, 6.07) is 5.27. The Morgan fingerprint density at radius 3 is 2.25 bits per heavy atom. The number of nitro benzene ring substituents is 1. The summed E-state index contributed by atoms with van der Waals surface area (Å²) in [7, 11) is 1.19. The quantitative estimate of drug-likeness (QED) is 0.401. The molecule has 128 valence electrons. The predicted molar refractivity (Wildman–Crippen MR) is 79.4 cm³/mol. The van der Waals surface area contributed by atoms with E-state index in [0.29, 0.717) is 0 Å². The predicted octanol–water partition coefficient (Wildman–Crippen LogP) is 5.07. The van der Waals surface area contributed by atoms with Gasteiger partial charge in [-0.2, -0.15) is 0 Å². The summed E-state index contributed by atoms with van der Waals surface area (Å²) in [6.07, 6.45) is -4.86. The number of rotatable bonds is 4. The maximum Gasteiger partial charge on any atom is 0.573 e. The summed E-state index contributed by atoms with van der Waals surface area (Å²) >= 11 is 2.80. The molecule has 2 aromatic carbocycles. The molecule has 2 aromatic rings. The van der Waals surface area contributed by atoms with E-state index in [0.717, 1.165) is 18.2 Å². The molecule has 0 spiro atoms. The van der Waals surface area contributed by atoms with Crippen molar-refractivity contribution in [1.29, 1.82) is 0 Å². The lowest BCUT2D eigenvalue weighted by molar-refractivity contribution is -0.385. The number of hydrogen-bond donors (Lipinski definition) is 0. The fourth-order valence-electron chi connectivity index (χ4n) is 2.02. The van der Waals surface area contributed by atoms with Gasteiger partial charge in [0.1, 0.15) is 27.4 Å². The van der Waals surface area contributed by atoms with Crippen LogP contribution in [0.2, 0.25) is 0 Å². The fraction of sp³-hybridized carbons (Fsp3) is 0.143. The van der Waals surface area contributed by atoms with Crippen LogP contribution in [0.15, 0.2) is 34.8 Å². The summed E-state index contributed by atoms with van der Waals surface area (Å²) in [5.41, 5.74) is -0.514. The minimum Gasteiger partial charge on any atom is -0.496 e. The molecule has 0 unspecified atom stereocenters. The lowest BCUT2D eigenvalue weighted by Crippen LogP contribution is -2.16. The second-order valence-electron chi connectivity index (χ2n) is 4.43. The smallest absolute Gasteiger partial charge is 0.496 e. The molecule has 0 aliphatic heterocycles. The number of alkyl halides is 3. The lowest BCUT2D eigenvalue weighted by Gasteiger charge is -2.13. The monoisotopic (exact) mass is 409 g/mol. The largest absolute Gasteiger partial charge is 0.573 e. The number of methoxy groups -OCH3 is 1. The van der Waals surface area contributed by atoms with Crippen LogP contribution in [0.25, 0.3) is 11.1 Å². The van der Waals surface area contributed by atoms with Gasteiger partial charge in [-0.15, -0.1) is 13.2 Å². The molecule has 0 aromatic heterocycles. The van der Waals surface area contributed by atoms with Crippen molar-refractivity contribution in [1.82, 2.24) is 0 Å². The minimum atomic E-state index is -4.86. The summed E-state index contributed by atoms with van der Waals surface area (Å²) in [5.74, 6) is -1.53. The van der Waals surface area contributed by atoms with Crippen molar-refractivity contribution in [2.45, 2.75) is 6.36 Å². The molecule has 0 N–H and O–H groups in total. The van der Waals surface area contributed by atoms with Gasteiger partial charge in [-0.3, -0.25) is 10.1 Å². The van der Waals surface area contributed by atoms with E-state index in [9.17, 15) is 27.7 Å². The van der Waals surface area contributed by atoms with Crippen LogP contribution in [0, 0.1) is 15.9 Å². The molecule has 5 nitrogen and oxygen atoms in total. The van der Waals surface area contributed by atoms with Crippen LogP contribution in [0.5, 0.6) is 11.5 Å². The minimum absolute atomic E-state index is 0.0747. The molecule has 0 aliphatic carbocycles. The molecule has 0 saturated heterocycles. The van der Waals surface area contributed by atoms with E-state index in [2.05, 4.69) is 20.7 Å². The van der Waals surface area contributed by atoms with Crippen LogP contribution in [-0.2, 0) is 0 Å². The van der Waals surface area contributed by atoms with Crippen molar-refractivity contribution in [3.63, 3.8) is 0 Å². The van der Waals surface area contributed by atoms with E-state index in [1.54, 1.807) is 0 Å². The highest BCUT2D eigenvalue weighted by Gasteiger charge is 2.31. The molecule has 0 heterocycles. The van der Waals surface area contributed by atoms with Gasteiger partial charge in [-0.1, -0.05) is 12.1 Å². The number of ether oxygens (including phenoxy) is 2. The molecule has 0 radical (unpaired) electrons. The fourth-order valence-corrected chi connectivity index (χ4v) is 2.48. The van der Waals surface area contributed by atoms with Gasteiger partial charge in [-0.25, -0.2) is 4.39 Å². The van der Waals surface area contributed by atoms with Crippen molar-refractivity contribution in [2.75, 3.05) is 7.11 Å². The Kier molecular flexibility index (Phi) is 4.97. The van der Waals surface area contributed by atoms with Crippen LogP contribution in [0.3, 0.4) is 0 Å². The Bertz CT molecular complexity index is 778. The molecular weight excluding hydrogens is 402 g/mol. The first kappa shape index (κ1) is 18.0. The van der Waals surface area contributed by atoms with Gasteiger partial charge < -0.3 is 9.47 Å². The first-order valence-corrected chi connectivity index (χ1v) is 7.00. The zero-order valence-corrected chi connectivity index (χ0v) is 13.4. The van der Waals surface area contributed by atoms with E-state index in [1.807, 2.05) is 0 Å². The molecule has 0 aliphatic rings. The highest BCUT2D eigenvalue weighted by atomic mass is 79.9. The second kappa shape index (κ2) is 6.63. The van der Waals surface area contributed by atoms with Crippen LogP contribution < -0.4 is 9.47 Å². The number of nitro groups is 1. The van der Waals surface area contributed by atoms with Crippen molar-refractivity contribution < 1.29 is 32.0 Å². The average molecular weight is 410 g/mol. The highest BCUT2D eigenvalue weighted by molar-refractivity contribution is 9.10. The first-order chi connectivity index (χ1) is 11.1. The van der Waals surface area contributed by atoms with Crippen molar-refractivity contribution in [2.24, 2.45) is 0 Å². The van der Waals surface area contributed by atoms with Gasteiger partial charge >= 0.3 is 6.36 Å². The Balaban J connectivity index is 2.59. The third-order valence-corrected chi connectivity index (χ3v) is 3.69. The molecule has 0 amide bonds. The molecule has 0 fully saturated rings. The maximum absolute atomic E-state index is 13.8. The van der Waals surface area contributed by atoms with Gasteiger partial charge in [0.2, 0.25) is 0 Å². The molecule has 0 bridgehead atoms. The first-order valence-electron chi connectivity index (χ1n) is 6.20. The highest BCUT2D eigenvalue weighted by Crippen LogP contribution is 2.44. The average Bonchev–Trinajstić information content (AvgIpc) is 2.48. The van der Waals surface area contributed by atoms with Crippen LogP contribution in [-0.4, -0.2) is 18.4 Å². The zero-order chi connectivity index (χ0) is 18.1. The molecule has 10 heteroatoms. The summed E-state index contributed by atoms with van der Waals surface area (Å²) in [4.78, 5) is 10.5. The van der Waals surface area contributed by atoms with Crippen LogP contribution in [0.1, 0.15) is 0 Å². The van der Waals surface area contributed by atoms with E-state index in [1.165, 1.54) is 19.2 Å². The lowest BCUT2D eigenvalue weighted by atomic mass is 10.0. The standard InChI is InChI=1S/C14H8BrF4NO4/c1-23-10-6-9(16)12(15)13(20(21)22)11(10)7-2-4-8(5-3-7)24-14(17,18)19/h2-6H,1H3. The van der Waals surface area contributed by atoms with E-state index < -0.39 is 28.5 Å². The van der Waals surface area contributed by atoms with Crippen LogP contribution in [0.4, 0.5) is 23.2 Å². The number of halogens is 5. The molecule has 0 atom stereocenters. The second-order valence-corrected chi connectivity index (χ2v) is 5.22. The van der Waals surface area contributed by atoms with E-state index in [-0.39, 0.29) is 21.3 Å². The van der Waals surface area contributed by atoms with E-state index >= 15 is 0 Å². The Morgan fingerprint density at radius 2 is 1.79 bits per heavy atom. The summed E-state index contributed by atoms with van der Waals surface area (Å²) < 4.78 is 58.6. The Labute approximate surface area is 141 Å². The molecular formula is C14H8BrF4NO4. The van der Waals surface area contributed by atoms with Crippen molar-refractivity contribution >= 4 is 21.6 Å². The van der Waals surface area contributed by atoms with Crippen LogP contribution >= 0.6 is 15.9 Å². The van der Waals surface area contributed by atoms with Gasteiger partial charge in [0.15, 0.2) is 0 Å². The van der Waals surface area contributed by atoms with Gasteiger partial charge in [0, 0.05) is 6.07 Å². The number of benzene rings is 2. The molecule has 2 rings (SSSR count). The van der Waals surface area contributed by atoms with E-state index in [4.69, 9.17) is 4.74 Å². The Morgan fingerprint density at radius 1 is 1.21 bits per heavy atom. The molecule has 24 heavy (non-hydrogen) atoms. The van der Waals surface area contributed by atoms with Gasteiger partial charge in [0.05, 0.1) is 12.0 Å². The third-order valence-electron chi connectivity index (χ3n) is 2.94. The number of nitrogens with zero attached hydrogens (tertiary/aromatic N) is 1. The van der Waals surface area contributed by atoms with Gasteiger partial charge in [-0.05, 0) is 33.6 Å². The topological polar surface area (TPSA) is 61.6 Å². The molecule has 0 saturated carbocycles. The maximum atomic E-state index is 13.8. The summed E-state index contributed by atoms with van der Waals surface area (Å²) in [5, 5.41) is 11.3. The third kappa shape index (κ3) is 3.75. The number of hydrogen-bond acceptors (Lipinski definition) is 4. The van der Waals surface area contributed by atoms with Gasteiger partial charge in [0.25, 0.3) is 5.69 Å². The Hall–Kier alpha value is -2.36. The summed E-state index contributed by atoms with van der Waals surface area (Å²) in [6.45, 7) is 0. The van der Waals surface area contributed by atoms with Crippen molar-refractivity contribution in [3.8, 4) is 22.6 Å². The zero-order valence-electron chi connectivity index (χ0n) is 11.9. The van der Waals surface area contributed by atoms with Crippen molar-refractivity contribution in [3.05, 3.63) is 50.7 Å². The normalized spacial score (nSPS) is 11.2. The SMILES string of the molecule is COc1cc(F)c(Br)c([N+](=O)[O-])c1-c1ccc(OC(F)(F)F)cc1.